The molecular weight excluding hydrogens is 333 g/mol. The number of esters is 1. The molecule has 1 aliphatic rings. The molecule has 134 valence electrons. The van der Waals surface area contributed by atoms with E-state index in [1.807, 2.05) is 31.2 Å². The maximum atomic E-state index is 13.1. The van der Waals surface area contributed by atoms with Crippen LogP contribution in [0, 0.1) is 5.82 Å². The van der Waals surface area contributed by atoms with E-state index < -0.39 is 12.1 Å². The van der Waals surface area contributed by atoms with Gasteiger partial charge in [-0.1, -0.05) is 30.3 Å². The number of amides is 1. The van der Waals surface area contributed by atoms with Crippen molar-refractivity contribution >= 4 is 23.6 Å². The minimum Gasteiger partial charge on any atom is -0.449 e. The zero-order valence-corrected chi connectivity index (χ0v) is 14.7. The normalized spacial score (nSPS) is 17.2. The van der Waals surface area contributed by atoms with Crippen molar-refractivity contribution in [3.63, 3.8) is 0 Å². The summed E-state index contributed by atoms with van der Waals surface area (Å²) in [4.78, 5) is 26.4. The molecule has 2 aromatic rings. The summed E-state index contributed by atoms with van der Waals surface area (Å²) < 4.78 is 18.4. The van der Waals surface area contributed by atoms with E-state index >= 15 is 0 Å². The van der Waals surface area contributed by atoms with Crippen LogP contribution >= 0.6 is 0 Å². The number of hydrogen-bond donors (Lipinski definition) is 0. The summed E-state index contributed by atoms with van der Waals surface area (Å²) in [7, 11) is 0. The van der Waals surface area contributed by atoms with Gasteiger partial charge in [0, 0.05) is 17.8 Å². The van der Waals surface area contributed by atoms with Crippen LogP contribution in [-0.2, 0) is 20.7 Å². The number of nitrogens with zero attached hydrogens (tertiary/aromatic N) is 1. The molecule has 3 rings (SSSR count). The van der Waals surface area contributed by atoms with Gasteiger partial charge in [0.1, 0.15) is 5.82 Å². The van der Waals surface area contributed by atoms with E-state index in [-0.39, 0.29) is 17.8 Å². The summed E-state index contributed by atoms with van der Waals surface area (Å²) in [5, 5.41) is 0. The van der Waals surface area contributed by atoms with Crippen LogP contribution in [0.4, 0.5) is 10.1 Å². The molecule has 0 N–H and O–H groups in total. The Kier molecular flexibility index (Phi) is 5.16. The van der Waals surface area contributed by atoms with E-state index in [0.29, 0.717) is 5.56 Å². The lowest BCUT2D eigenvalue weighted by Gasteiger charge is -2.25. The molecule has 4 nitrogen and oxygen atoms in total. The predicted octanol–water partition coefficient (Wildman–Crippen LogP) is 3.75. The first kappa shape index (κ1) is 17.9. The fourth-order valence-electron chi connectivity index (χ4n) is 3.14. The summed E-state index contributed by atoms with van der Waals surface area (Å²) in [6.45, 7) is 3.53. The van der Waals surface area contributed by atoms with E-state index in [1.165, 1.54) is 24.3 Å². The third-order valence-corrected chi connectivity index (χ3v) is 4.35. The van der Waals surface area contributed by atoms with Gasteiger partial charge in [-0.2, -0.15) is 0 Å². The van der Waals surface area contributed by atoms with Gasteiger partial charge in [-0.25, -0.2) is 9.18 Å². The molecule has 0 aliphatic carbocycles. The Balaban J connectivity index is 1.65. The molecule has 0 spiro atoms. The fraction of sp³-hybridized carbons (Fsp3) is 0.238. The van der Waals surface area contributed by atoms with Crippen LogP contribution in [0.1, 0.15) is 25.0 Å². The maximum Gasteiger partial charge on any atom is 0.331 e. The number of anilines is 1. The number of halogens is 1. The molecule has 0 unspecified atom stereocenters. The van der Waals surface area contributed by atoms with Gasteiger partial charge < -0.3 is 9.64 Å². The number of hydrogen-bond acceptors (Lipinski definition) is 3. The Morgan fingerprint density at radius 3 is 2.77 bits per heavy atom. The summed E-state index contributed by atoms with van der Waals surface area (Å²) in [6.07, 6.45) is 2.52. The van der Waals surface area contributed by atoms with Crippen molar-refractivity contribution in [2.45, 2.75) is 32.4 Å². The van der Waals surface area contributed by atoms with Crippen molar-refractivity contribution < 1.29 is 18.7 Å². The van der Waals surface area contributed by atoms with Gasteiger partial charge in [0.2, 0.25) is 0 Å². The van der Waals surface area contributed by atoms with Crippen molar-refractivity contribution in [2.24, 2.45) is 0 Å². The zero-order chi connectivity index (χ0) is 18.7. The van der Waals surface area contributed by atoms with Crippen molar-refractivity contribution in [2.75, 3.05) is 4.90 Å². The molecule has 5 heteroatoms. The lowest BCUT2D eigenvalue weighted by molar-refractivity contribution is -0.149. The largest absolute Gasteiger partial charge is 0.449 e. The Bertz CT molecular complexity index is 862. The molecule has 0 fully saturated rings. The number of carbonyl (C=O) groups is 2. The second-order valence-corrected chi connectivity index (χ2v) is 6.36. The van der Waals surface area contributed by atoms with Crippen LogP contribution in [0.2, 0.25) is 0 Å². The topological polar surface area (TPSA) is 46.6 Å². The summed E-state index contributed by atoms with van der Waals surface area (Å²) in [6, 6.07) is 13.6. The molecule has 1 heterocycles. The molecule has 0 aromatic heterocycles. The number of para-hydroxylation sites is 1. The third kappa shape index (κ3) is 3.82. The summed E-state index contributed by atoms with van der Waals surface area (Å²) in [5.41, 5.74) is 2.52. The van der Waals surface area contributed by atoms with E-state index in [9.17, 15) is 14.0 Å². The molecule has 0 saturated heterocycles. The molecule has 2 atom stereocenters. The van der Waals surface area contributed by atoms with Crippen molar-refractivity contribution in [3.8, 4) is 0 Å². The predicted molar refractivity (Wildman–Crippen MR) is 98.1 cm³/mol. The third-order valence-electron chi connectivity index (χ3n) is 4.35. The fourth-order valence-corrected chi connectivity index (χ4v) is 3.14. The summed E-state index contributed by atoms with van der Waals surface area (Å²) in [5.74, 6) is -1.28. The molecule has 2 aromatic carbocycles. The molecule has 0 saturated carbocycles. The number of rotatable bonds is 4. The van der Waals surface area contributed by atoms with Crippen molar-refractivity contribution in [3.05, 3.63) is 71.6 Å². The first-order chi connectivity index (χ1) is 12.5. The van der Waals surface area contributed by atoms with Crippen LogP contribution in [0.3, 0.4) is 0 Å². The first-order valence-electron chi connectivity index (χ1n) is 8.51. The van der Waals surface area contributed by atoms with Gasteiger partial charge in [0.25, 0.3) is 5.91 Å². The maximum absolute atomic E-state index is 13.1. The van der Waals surface area contributed by atoms with Crippen molar-refractivity contribution in [1.82, 2.24) is 0 Å². The molecule has 0 radical (unpaired) electrons. The van der Waals surface area contributed by atoms with E-state index in [0.717, 1.165) is 17.7 Å². The number of carbonyl (C=O) groups excluding carboxylic acids is 2. The highest BCUT2D eigenvalue weighted by Crippen LogP contribution is 2.32. The number of benzene rings is 2. The average molecular weight is 353 g/mol. The summed E-state index contributed by atoms with van der Waals surface area (Å²) >= 11 is 0. The minimum absolute atomic E-state index is 0.0175. The lowest BCUT2D eigenvalue weighted by Crippen LogP contribution is -2.43. The Morgan fingerprint density at radius 1 is 1.23 bits per heavy atom. The van der Waals surface area contributed by atoms with E-state index in [4.69, 9.17) is 4.74 Å². The van der Waals surface area contributed by atoms with Crippen LogP contribution in [0.5, 0.6) is 0 Å². The van der Waals surface area contributed by atoms with Crippen LogP contribution in [0.25, 0.3) is 6.08 Å². The molecule has 26 heavy (non-hydrogen) atoms. The Hall–Kier alpha value is -2.95. The monoisotopic (exact) mass is 353 g/mol. The van der Waals surface area contributed by atoms with Gasteiger partial charge >= 0.3 is 5.97 Å². The van der Waals surface area contributed by atoms with Gasteiger partial charge in [-0.3, -0.25) is 4.79 Å². The lowest BCUT2D eigenvalue weighted by atomic mass is 10.1. The second-order valence-electron chi connectivity index (χ2n) is 6.36. The minimum atomic E-state index is -0.909. The Morgan fingerprint density at radius 2 is 2.00 bits per heavy atom. The van der Waals surface area contributed by atoms with Gasteiger partial charge in [0.15, 0.2) is 6.10 Å². The molecule has 0 bridgehead atoms. The highest BCUT2D eigenvalue weighted by atomic mass is 19.1. The van der Waals surface area contributed by atoms with Crippen LogP contribution in [-0.4, -0.2) is 24.0 Å². The van der Waals surface area contributed by atoms with Crippen LogP contribution in [0.15, 0.2) is 54.6 Å². The smallest absolute Gasteiger partial charge is 0.331 e. The first-order valence-corrected chi connectivity index (χ1v) is 8.51. The van der Waals surface area contributed by atoms with Crippen LogP contribution < -0.4 is 4.90 Å². The number of ether oxygens (including phenoxy) is 1. The van der Waals surface area contributed by atoms with Gasteiger partial charge in [-0.05, 0) is 55.7 Å². The zero-order valence-electron chi connectivity index (χ0n) is 14.7. The second kappa shape index (κ2) is 7.52. The highest BCUT2D eigenvalue weighted by Gasteiger charge is 2.34. The highest BCUT2D eigenvalue weighted by molar-refractivity contribution is 6.00. The molecule has 1 aliphatic heterocycles. The van der Waals surface area contributed by atoms with Gasteiger partial charge in [0.05, 0.1) is 0 Å². The number of fused-ring (bicyclic) bond motifs is 1. The van der Waals surface area contributed by atoms with Gasteiger partial charge in [-0.15, -0.1) is 0 Å². The van der Waals surface area contributed by atoms with E-state index in [1.54, 1.807) is 24.0 Å². The quantitative estimate of drug-likeness (QED) is 0.621. The SMILES string of the molecule is C[C@@H](OC(=O)/C=C/c1cccc(F)c1)C(=O)N1c2ccccc2C[C@@H]1C. The molecule has 1 amide bonds. The Labute approximate surface area is 151 Å². The standard InChI is InChI=1S/C21H20FNO3/c1-14-12-17-7-3-4-9-19(17)23(14)21(25)15(2)26-20(24)11-10-16-6-5-8-18(22)13-16/h3-11,13-15H,12H2,1-2H3/b11-10+/t14-,15+/m0/s1. The van der Waals surface area contributed by atoms with E-state index in [2.05, 4.69) is 0 Å². The van der Waals surface area contributed by atoms with Crippen molar-refractivity contribution in [1.29, 1.82) is 0 Å². The molecular formula is C21H20FNO3. The average Bonchev–Trinajstić information content (AvgIpc) is 2.95.